The first-order valence-corrected chi connectivity index (χ1v) is 7.19. The second kappa shape index (κ2) is 8.25. The quantitative estimate of drug-likeness (QED) is 0.810. The van der Waals surface area contributed by atoms with Crippen LogP contribution < -0.4 is 5.32 Å². The fourth-order valence-corrected chi connectivity index (χ4v) is 1.97. The van der Waals surface area contributed by atoms with E-state index in [1.54, 1.807) is 19.1 Å². The third kappa shape index (κ3) is 6.37. The Morgan fingerprint density at radius 1 is 1.30 bits per heavy atom. The fourth-order valence-electron chi connectivity index (χ4n) is 1.84. The fraction of sp³-hybridized carbons (Fsp3) is 0.533. The molecule has 20 heavy (non-hydrogen) atoms. The number of amides is 1. The molecule has 5 heteroatoms. The highest BCUT2D eigenvalue weighted by Gasteiger charge is 2.15. The van der Waals surface area contributed by atoms with Crippen molar-refractivity contribution < 1.29 is 9.90 Å². The van der Waals surface area contributed by atoms with Crippen LogP contribution in [-0.2, 0) is 11.3 Å². The number of carbonyl (C=O) groups excluding carboxylic acids is 1. The first-order chi connectivity index (χ1) is 9.38. The van der Waals surface area contributed by atoms with Crippen LogP contribution in [0.4, 0.5) is 0 Å². The number of hydrogen-bond donors (Lipinski definition) is 2. The molecule has 0 bridgehead atoms. The van der Waals surface area contributed by atoms with Crippen molar-refractivity contribution in [2.75, 3.05) is 13.1 Å². The van der Waals surface area contributed by atoms with Gasteiger partial charge in [-0.05, 0) is 38.5 Å². The Balaban J connectivity index is 2.43. The lowest BCUT2D eigenvalue weighted by atomic mass is 10.2. The van der Waals surface area contributed by atoms with E-state index in [1.807, 2.05) is 30.9 Å². The van der Waals surface area contributed by atoms with Gasteiger partial charge in [-0.3, -0.25) is 9.69 Å². The topological polar surface area (TPSA) is 52.6 Å². The summed E-state index contributed by atoms with van der Waals surface area (Å²) in [6.45, 7) is 7.00. The maximum absolute atomic E-state index is 11.9. The number of nitrogens with one attached hydrogen (secondary N) is 1. The first kappa shape index (κ1) is 17.0. The molecule has 1 rings (SSSR count). The summed E-state index contributed by atoms with van der Waals surface area (Å²) < 4.78 is 0. The molecule has 0 aliphatic carbocycles. The summed E-state index contributed by atoms with van der Waals surface area (Å²) >= 11 is 5.81. The highest BCUT2D eigenvalue weighted by molar-refractivity contribution is 6.30. The molecule has 4 nitrogen and oxygen atoms in total. The molecule has 0 radical (unpaired) electrons. The third-order valence-corrected chi connectivity index (χ3v) is 3.23. The van der Waals surface area contributed by atoms with Gasteiger partial charge in [-0.1, -0.05) is 23.7 Å². The Hall–Kier alpha value is -1.10. The van der Waals surface area contributed by atoms with Crippen LogP contribution in [0.2, 0.25) is 5.02 Å². The minimum absolute atomic E-state index is 0.0469. The molecule has 0 saturated heterocycles. The minimum Gasteiger partial charge on any atom is -0.392 e. The number of aliphatic hydroxyl groups is 1. The van der Waals surface area contributed by atoms with Crippen molar-refractivity contribution in [3.05, 3.63) is 34.9 Å². The molecule has 1 atom stereocenters. The normalized spacial score (nSPS) is 12.8. The van der Waals surface area contributed by atoms with Crippen molar-refractivity contribution in [1.29, 1.82) is 0 Å². The lowest BCUT2D eigenvalue weighted by Gasteiger charge is -2.26. The monoisotopic (exact) mass is 298 g/mol. The van der Waals surface area contributed by atoms with Gasteiger partial charge in [0, 0.05) is 24.2 Å². The molecule has 0 aliphatic heterocycles. The van der Waals surface area contributed by atoms with Gasteiger partial charge in [0.15, 0.2) is 0 Å². The van der Waals surface area contributed by atoms with E-state index in [-0.39, 0.29) is 18.5 Å². The zero-order chi connectivity index (χ0) is 15.1. The first-order valence-electron chi connectivity index (χ1n) is 6.81. The van der Waals surface area contributed by atoms with Crippen molar-refractivity contribution in [3.63, 3.8) is 0 Å². The predicted molar refractivity (Wildman–Crippen MR) is 81.7 cm³/mol. The standard InChI is InChI=1S/C15H23ClN2O2/c1-11(2)18(9-12(3)19)10-15(20)17-8-13-4-6-14(16)7-5-13/h4-7,11-12,19H,8-10H2,1-3H3,(H,17,20)/t12-/m0/s1. The summed E-state index contributed by atoms with van der Waals surface area (Å²) in [6, 6.07) is 7.59. The van der Waals surface area contributed by atoms with E-state index >= 15 is 0 Å². The van der Waals surface area contributed by atoms with Crippen LogP contribution in [0, 0.1) is 0 Å². The zero-order valence-corrected chi connectivity index (χ0v) is 13.0. The second-order valence-corrected chi connectivity index (χ2v) is 5.71. The largest absolute Gasteiger partial charge is 0.392 e. The van der Waals surface area contributed by atoms with Crippen molar-refractivity contribution >= 4 is 17.5 Å². The molecule has 112 valence electrons. The van der Waals surface area contributed by atoms with E-state index in [0.29, 0.717) is 18.1 Å². The molecule has 0 spiro atoms. The van der Waals surface area contributed by atoms with Crippen molar-refractivity contribution in [2.45, 2.75) is 39.5 Å². The number of aliphatic hydroxyl groups excluding tert-OH is 1. The number of rotatable bonds is 7. The summed E-state index contributed by atoms with van der Waals surface area (Å²) in [7, 11) is 0. The Morgan fingerprint density at radius 2 is 1.90 bits per heavy atom. The molecular formula is C15H23ClN2O2. The zero-order valence-electron chi connectivity index (χ0n) is 12.3. The van der Waals surface area contributed by atoms with Crippen LogP contribution in [0.25, 0.3) is 0 Å². The highest BCUT2D eigenvalue weighted by atomic mass is 35.5. The summed E-state index contributed by atoms with van der Waals surface area (Å²) in [4.78, 5) is 13.9. The Morgan fingerprint density at radius 3 is 2.40 bits per heavy atom. The number of halogens is 1. The lowest BCUT2D eigenvalue weighted by molar-refractivity contribution is -0.123. The number of benzene rings is 1. The molecule has 1 aromatic rings. The molecule has 0 heterocycles. The molecule has 0 aliphatic rings. The predicted octanol–water partition coefficient (Wildman–Crippen LogP) is 2.05. The number of hydrogen-bond acceptors (Lipinski definition) is 3. The smallest absolute Gasteiger partial charge is 0.234 e. The molecule has 0 fully saturated rings. The molecule has 0 saturated carbocycles. The summed E-state index contributed by atoms with van der Waals surface area (Å²) in [5.74, 6) is -0.0469. The third-order valence-electron chi connectivity index (χ3n) is 2.98. The van der Waals surface area contributed by atoms with Crippen LogP contribution in [0.5, 0.6) is 0 Å². The van der Waals surface area contributed by atoms with Crippen molar-refractivity contribution in [1.82, 2.24) is 10.2 Å². The van der Waals surface area contributed by atoms with Gasteiger partial charge < -0.3 is 10.4 Å². The van der Waals surface area contributed by atoms with Gasteiger partial charge in [0.2, 0.25) is 5.91 Å². The van der Waals surface area contributed by atoms with E-state index in [9.17, 15) is 9.90 Å². The van der Waals surface area contributed by atoms with Crippen LogP contribution in [0.3, 0.4) is 0 Å². The lowest BCUT2D eigenvalue weighted by Crippen LogP contribution is -2.43. The van der Waals surface area contributed by atoms with E-state index in [4.69, 9.17) is 11.6 Å². The Bertz CT molecular complexity index is 418. The molecular weight excluding hydrogens is 276 g/mol. The average molecular weight is 299 g/mol. The van der Waals surface area contributed by atoms with Crippen LogP contribution in [-0.4, -0.2) is 41.1 Å². The van der Waals surface area contributed by atoms with E-state index in [2.05, 4.69) is 5.32 Å². The van der Waals surface area contributed by atoms with E-state index in [1.165, 1.54) is 0 Å². The van der Waals surface area contributed by atoms with Gasteiger partial charge in [-0.15, -0.1) is 0 Å². The molecule has 0 unspecified atom stereocenters. The number of nitrogens with zero attached hydrogens (tertiary/aromatic N) is 1. The molecule has 0 aromatic heterocycles. The Kier molecular flexibility index (Phi) is 6.99. The molecule has 1 amide bonds. The van der Waals surface area contributed by atoms with E-state index in [0.717, 1.165) is 5.56 Å². The van der Waals surface area contributed by atoms with Gasteiger partial charge >= 0.3 is 0 Å². The van der Waals surface area contributed by atoms with Gasteiger partial charge in [0.05, 0.1) is 12.6 Å². The van der Waals surface area contributed by atoms with Crippen LogP contribution in [0.15, 0.2) is 24.3 Å². The summed E-state index contributed by atoms with van der Waals surface area (Å²) in [5.41, 5.74) is 1.01. The van der Waals surface area contributed by atoms with Crippen molar-refractivity contribution in [3.8, 4) is 0 Å². The number of carbonyl (C=O) groups is 1. The van der Waals surface area contributed by atoms with Gasteiger partial charge in [-0.25, -0.2) is 0 Å². The van der Waals surface area contributed by atoms with E-state index < -0.39 is 6.10 Å². The van der Waals surface area contributed by atoms with Crippen molar-refractivity contribution in [2.24, 2.45) is 0 Å². The van der Waals surface area contributed by atoms with Crippen LogP contribution in [0.1, 0.15) is 26.3 Å². The highest BCUT2D eigenvalue weighted by Crippen LogP contribution is 2.09. The minimum atomic E-state index is -0.443. The van der Waals surface area contributed by atoms with Gasteiger partial charge in [-0.2, -0.15) is 0 Å². The maximum atomic E-state index is 11.9. The van der Waals surface area contributed by atoms with Crippen LogP contribution >= 0.6 is 11.6 Å². The van der Waals surface area contributed by atoms with Gasteiger partial charge in [0.25, 0.3) is 0 Å². The van der Waals surface area contributed by atoms with Gasteiger partial charge in [0.1, 0.15) is 0 Å². The average Bonchev–Trinajstić information content (AvgIpc) is 2.36. The summed E-state index contributed by atoms with van der Waals surface area (Å²) in [5, 5.41) is 13.0. The maximum Gasteiger partial charge on any atom is 0.234 e. The SMILES string of the molecule is CC(C)N(CC(=O)NCc1ccc(Cl)cc1)C[C@H](C)O. The molecule has 2 N–H and O–H groups in total. The Labute approximate surface area is 125 Å². The summed E-state index contributed by atoms with van der Waals surface area (Å²) in [6.07, 6.45) is -0.443. The molecule has 1 aromatic carbocycles. The second-order valence-electron chi connectivity index (χ2n) is 5.28.